The van der Waals surface area contributed by atoms with Gasteiger partial charge < -0.3 is 22.5 Å². The maximum absolute atomic E-state index is 12.7. The van der Waals surface area contributed by atoms with Gasteiger partial charge in [0.1, 0.15) is 0 Å². The first-order valence-electron chi connectivity index (χ1n) is 9.42. The highest BCUT2D eigenvalue weighted by atomic mass is 16.1. The van der Waals surface area contributed by atoms with Gasteiger partial charge in [0, 0.05) is 28.7 Å². The Morgan fingerprint density at radius 1 is 0.793 bits per heavy atom. The number of hydrogen-bond donors (Lipinski definition) is 4. The van der Waals surface area contributed by atoms with E-state index in [1.165, 1.54) is 6.08 Å². The zero-order chi connectivity index (χ0) is 21.5. The van der Waals surface area contributed by atoms with Crippen LogP contribution in [0.25, 0.3) is 0 Å². The van der Waals surface area contributed by atoms with Crippen molar-refractivity contribution < 1.29 is 4.79 Å². The summed E-state index contributed by atoms with van der Waals surface area (Å²) >= 11 is 0. The van der Waals surface area contributed by atoms with Crippen LogP contribution in [0.4, 0.5) is 22.7 Å². The monoisotopic (exact) mass is 389 g/mol. The molecule has 0 unspecified atom stereocenters. The average Bonchev–Trinajstić information content (AvgIpc) is 2.67. The number of aliphatic imine (C=N–C) groups is 1. The molecule has 6 heteroatoms. The smallest absolute Gasteiger partial charge is 0.204 e. The molecule has 150 valence electrons. The number of rotatable bonds is 3. The summed E-state index contributed by atoms with van der Waals surface area (Å²) in [5, 5.41) is 3.26. The van der Waals surface area contributed by atoms with Crippen LogP contribution in [0.2, 0.25) is 0 Å². The highest BCUT2D eigenvalue weighted by molar-refractivity contribution is 6.25. The molecule has 0 radical (unpaired) electrons. The Morgan fingerprint density at radius 2 is 1.38 bits per heavy atom. The predicted octanol–water partition coefficient (Wildman–Crippen LogP) is 3.97. The van der Waals surface area contributed by atoms with E-state index in [1.54, 1.807) is 0 Å². The minimum Gasteiger partial charge on any atom is -0.399 e. The summed E-state index contributed by atoms with van der Waals surface area (Å²) in [6.07, 6.45) is 1.41. The zero-order valence-corrected chi connectivity index (χ0v) is 17.5. The first-order valence-corrected chi connectivity index (χ1v) is 9.42. The minimum absolute atomic E-state index is 0.182. The molecule has 0 spiro atoms. The van der Waals surface area contributed by atoms with Gasteiger partial charge >= 0.3 is 0 Å². The van der Waals surface area contributed by atoms with E-state index in [1.807, 2.05) is 58.9 Å². The second kappa shape index (κ2) is 7.47. The van der Waals surface area contributed by atoms with Crippen LogP contribution in [0.1, 0.15) is 29.2 Å². The summed E-state index contributed by atoms with van der Waals surface area (Å²) in [7, 11) is 0. The Balaban J connectivity index is 2.09. The Hall–Kier alpha value is -3.54. The number of nitrogens with two attached hydrogens (primary N) is 3. The second-order valence-electron chi connectivity index (χ2n) is 7.43. The van der Waals surface area contributed by atoms with Crippen LogP contribution in [0, 0.1) is 27.7 Å². The third kappa shape index (κ3) is 3.61. The number of hydrogen-bond acceptors (Lipinski definition) is 6. The van der Waals surface area contributed by atoms with Crippen molar-refractivity contribution in [3.63, 3.8) is 0 Å². The Bertz CT molecular complexity index is 1120. The van der Waals surface area contributed by atoms with Crippen LogP contribution >= 0.6 is 0 Å². The summed E-state index contributed by atoms with van der Waals surface area (Å²) in [6.45, 7) is 9.70. The van der Waals surface area contributed by atoms with Gasteiger partial charge in [-0.1, -0.05) is 0 Å². The molecule has 0 heterocycles. The van der Waals surface area contributed by atoms with Crippen LogP contribution < -0.4 is 22.5 Å². The van der Waals surface area contributed by atoms with Crippen molar-refractivity contribution in [2.75, 3.05) is 16.8 Å². The van der Waals surface area contributed by atoms with Crippen molar-refractivity contribution in [2.45, 2.75) is 34.6 Å². The van der Waals surface area contributed by atoms with Gasteiger partial charge in [-0.3, -0.25) is 4.79 Å². The van der Waals surface area contributed by atoms with Gasteiger partial charge in [-0.05, 0) is 81.1 Å². The summed E-state index contributed by atoms with van der Waals surface area (Å²) in [5.41, 5.74) is 27.2. The fraction of sp³-hybridized carbons (Fsp3) is 0.217. The van der Waals surface area contributed by atoms with Crippen molar-refractivity contribution in [3.05, 3.63) is 69.6 Å². The first kappa shape index (κ1) is 20.2. The minimum atomic E-state index is -0.182. The van der Waals surface area contributed by atoms with Gasteiger partial charge in [0.25, 0.3) is 0 Å². The first-order chi connectivity index (χ1) is 13.6. The van der Waals surface area contributed by atoms with Gasteiger partial charge in [0.05, 0.1) is 22.8 Å². The number of allylic oxidation sites excluding steroid dienone is 2. The molecular formula is C23H27N5O. The topological polar surface area (TPSA) is 120 Å². The Labute approximate surface area is 171 Å². The molecule has 1 aliphatic rings. The highest BCUT2D eigenvalue weighted by Crippen LogP contribution is 2.30. The standard InChI is InChI=1S/C23H27N5O/c1-11-13(3)19(8-6-16(11)24)27-22-15(5)23(21(29)10-18(22)26)28-20-9-7-17(25)12(2)14(20)4/h6-10,28H,24-26H2,1-5H3. The lowest BCUT2D eigenvalue weighted by Crippen LogP contribution is -2.26. The molecular weight excluding hydrogens is 362 g/mol. The molecule has 0 bridgehead atoms. The van der Waals surface area contributed by atoms with Crippen molar-refractivity contribution in [1.29, 1.82) is 0 Å². The van der Waals surface area contributed by atoms with Crippen LogP contribution in [0.3, 0.4) is 0 Å². The van der Waals surface area contributed by atoms with E-state index >= 15 is 0 Å². The number of nitrogens with zero attached hydrogens (tertiary/aromatic N) is 1. The predicted molar refractivity (Wildman–Crippen MR) is 121 cm³/mol. The second-order valence-corrected chi connectivity index (χ2v) is 7.43. The molecule has 0 saturated carbocycles. The summed E-state index contributed by atoms with van der Waals surface area (Å²) in [6, 6.07) is 7.39. The fourth-order valence-electron chi connectivity index (χ4n) is 3.29. The van der Waals surface area contributed by atoms with E-state index in [4.69, 9.17) is 22.2 Å². The molecule has 7 N–H and O–H groups in total. The van der Waals surface area contributed by atoms with Gasteiger partial charge in [-0.15, -0.1) is 0 Å². The number of nitrogens with one attached hydrogen (secondary N) is 1. The lowest BCUT2D eigenvalue weighted by molar-refractivity contribution is -0.111. The molecule has 6 nitrogen and oxygen atoms in total. The van der Waals surface area contributed by atoms with Crippen LogP contribution in [0.5, 0.6) is 0 Å². The third-order valence-electron chi connectivity index (χ3n) is 5.66. The number of benzene rings is 2. The third-order valence-corrected chi connectivity index (χ3v) is 5.66. The lowest BCUT2D eigenvalue weighted by atomic mass is 9.96. The van der Waals surface area contributed by atoms with E-state index in [2.05, 4.69) is 5.32 Å². The largest absolute Gasteiger partial charge is 0.399 e. The van der Waals surface area contributed by atoms with Crippen molar-refractivity contribution in [2.24, 2.45) is 10.7 Å². The molecule has 0 fully saturated rings. The van der Waals surface area contributed by atoms with Gasteiger partial charge in [0.2, 0.25) is 5.78 Å². The summed E-state index contributed by atoms with van der Waals surface area (Å²) < 4.78 is 0. The van der Waals surface area contributed by atoms with E-state index in [-0.39, 0.29) is 5.78 Å². The molecule has 0 amide bonds. The molecule has 0 atom stereocenters. The normalized spacial score (nSPS) is 15.7. The molecule has 29 heavy (non-hydrogen) atoms. The SMILES string of the molecule is CC1=C(Nc2ccc(N)c(C)c2C)C(=O)C=C(N)C1=Nc1ccc(N)c(C)c1C. The molecule has 3 rings (SSSR count). The molecule has 1 aliphatic carbocycles. The van der Waals surface area contributed by atoms with Gasteiger partial charge in [0.15, 0.2) is 0 Å². The maximum atomic E-state index is 12.7. The Morgan fingerprint density at radius 3 is 2.03 bits per heavy atom. The van der Waals surface area contributed by atoms with Gasteiger partial charge in [-0.2, -0.15) is 0 Å². The average molecular weight is 390 g/mol. The number of ketones is 1. The van der Waals surface area contributed by atoms with Crippen molar-refractivity contribution in [1.82, 2.24) is 0 Å². The fourth-order valence-corrected chi connectivity index (χ4v) is 3.29. The summed E-state index contributed by atoms with van der Waals surface area (Å²) in [5.74, 6) is -0.182. The maximum Gasteiger partial charge on any atom is 0.204 e. The number of carbonyl (C=O) groups is 1. The van der Waals surface area contributed by atoms with Crippen LogP contribution in [0.15, 0.2) is 52.3 Å². The van der Waals surface area contributed by atoms with Gasteiger partial charge in [-0.25, -0.2) is 4.99 Å². The molecule has 0 saturated heterocycles. The van der Waals surface area contributed by atoms with E-state index in [0.717, 1.165) is 39.3 Å². The van der Waals surface area contributed by atoms with E-state index < -0.39 is 0 Å². The van der Waals surface area contributed by atoms with Crippen molar-refractivity contribution in [3.8, 4) is 0 Å². The molecule has 0 aromatic heterocycles. The lowest BCUT2D eigenvalue weighted by Gasteiger charge is -2.21. The Kier molecular flexibility index (Phi) is 5.20. The number of carbonyl (C=O) groups excluding carboxylic acids is 1. The molecule has 0 aliphatic heterocycles. The molecule has 2 aromatic rings. The highest BCUT2D eigenvalue weighted by Gasteiger charge is 2.24. The van der Waals surface area contributed by atoms with E-state index in [9.17, 15) is 4.79 Å². The number of anilines is 3. The van der Waals surface area contributed by atoms with Crippen LogP contribution in [-0.2, 0) is 4.79 Å². The zero-order valence-electron chi connectivity index (χ0n) is 17.5. The van der Waals surface area contributed by atoms with Crippen molar-refractivity contribution >= 4 is 34.2 Å². The van der Waals surface area contributed by atoms with Crippen LogP contribution in [-0.4, -0.2) is 11.5 Å². The van der Waals surface area contributed by atoms with E-state index in [0.29, 0.717) is 28.4 Å². The quantitative estimate of drug-likeness (QED) is 0.468. The number of nitrogen functional groups attached to an aromatic ring is 2. The summed E-state index contributed by atoms with van der Waals surface area (Å²) in [4.78, 5) is 17.4. The molecule has 2 aromatic carbocycles.